The monoisotopic (exact) mass is 390 g/mol. The van der Waals surface area contributed by atoms with Crippen LogP contribution in [0.15, 0.2) is 47.2 Å². The van der Waals surface area contributed by atoms with E-state index >= 15 is 0 Å². The summed E-state index contributed by atoms with van der Waals surface area (Å²) >= 11 is 0. The number of nitrogens with zero attached hydrogens (tertiary/aromatic N) is 6. The summed E-state index contributed by atoms with van der Waals surface area (Å²) in [4.78, 5) is 15.3. The fourth-order valence-corrected chi connectivity index (χ4v) is 4.08. The third-order valence-electron chi connectivity index (χ3n) is 5.57. The molecule has 0 spiro atoms. The first kappa shape index (κ1) is 17.7. The summed E-state index contributed by atoms with van der Waals surface area (Å²) in [6.45, 7) is 2.58. The molecule has 5 rings (SSSR count). The van der Waals surface area contributed by atoms with E-state index in [1.807, 2.05) is 70.6 Å². The van der Waals surface area contributed by atoms with Crippen molar-refractivity contribution in [3.05, 3.63) is 59.7 Å². The molecule has 5 heterocycles. The molecule has 1 saturated heterocycles. The van der Waals surface area contributed by atoms with Crippen LogP contribution < -0.4 is 0 Å². The Hall–Kier alpha value is -3.42. The van der Waals surface area contributed by atoms with Crippen LogP contribution in [-0.2, 0) is 7.05 Å². The largest absolute Gasteiger partial charge is 0.361 e. The van der Waals surface area contributed by atoms with Gasteiger partial charge in [0.25, 0.3) is 5.91 Å². The number of carbonyl (C=O) groups excluding carboxylic acids is 1. The lowest BCUT2D eigenvalue weighted by molar-refractivity contribution is 0.0601. The van der Waals surface area contributed by atoms with Crippen LogP contribution >= 0.6 is 0 Å². The number of rotatable bonds is 3. The van der Waals surface area contributed by atoms with Crippen molar-refractivity contribution in [3.63, 3.8) is 0 Å². The molecule has 8 nitrogen and oxygen atoms in total. The lowest BCUT2D eigenvalue weighted by Gasteiger charge is -2.34. The number of fused-ring (bicyclic) bond motifs is 1. The topological polar surface area (TPSA) is 81.5 Å². The predicted octanol–water partition coefficient (Wildman–Crippen LogP) is 3.40. The highest BCUT2D eigenvalue weighted by atomic mass is 16.5. The van der Waals surface area contributed by atoms with Crippen LogP contribution in [0.3, 0.4) is 0 Å². The van der Waals surface area contributed by atoms with Crippen LogP contribution in [0.4, 0.5) is 0 Å². The van der Waals surface area contributed by atoms with Gasteiger partial charge in [0.05, 0.1) is 17.3 Å². The predicted molar refractivity (Wildman–Crippen MR) is 106 cm³/mol. The quantitative estimate of drug-likeness (QED) is 0.535. The van der Waals surface area contributed by atoms with Crippen molar-refractivity contribution in [1.29, 1.82) is 0 Å². The molecule has 0 aromatic carbocycles. The van der Waals surface area contributed by atoms with E-state index in [1.54, 1.807) is 0 Å². The number of pyridine rings is 1. The number of amides is 1. The van der Waals surface area contributed by atoms with Gasteiger partial charge in [0.1, 0.15) is 11.5 Å². The number of aromatic nitrogens is 5. The van der Waals surface area contributed by atoms with E-state index in [1.165, 1.54) is 0 Å². The normalized spacial score (nSPS) is 17.2. The molecule has 1 aliphatic heterocycles. The lowest BCUT2D eigenvalue weighted by Crippen LogP contribution is -2.38. The molecule has 29 heavy (non-hydrogen) atoms. The summed E-state index contributed by atoms with van der Waals surface area (Å²) in [6, 6.07) is 9.47. The number of likely N-dealkylation sites (tertiary alicyclic amines) is 1. The van der Waals surface area contributed by atoms with Crippen molar-refractivity contribution in [2.24, 2.45) is 7.05 Å². The third kappa shape index (κ3) is 3.00. The summed E-state index contributed by atoms with van der Waals surface area (Å²) < 4.78 is 9.12. The molecule has 1 atom stereocenters. The molecule has 0 bridgehead atoms. The molecule has 1 aliphatic rings. The van der Waals surface area contributed by atoms with E-state index < -0.39 is 0 Å². The van der Waals surface area contributed by atoms with E-state index in [0.717, 1.165) is 36.4 Å². The van der Waals surface area contributed by atoms with Gasteiger partial charge >= 0.3 is 0 Å². The summed E-state index contributed by atoms with van der Waals surface area (Å²) in [5.74, 6) is 1.46. The Kier molecular flexibility index (Phi) is 4.19. The minimum Gasteiger partial charge on any atom is -0.361 e. The minimum absolute atomic E-state index is 0.0104. The van der Waals surface area contributed by atoms with Crippen molar-refractivity contribution < 1.29 is 9.32 Å². The second-order valence-corrected chi connectivity index (χ2v) is 7.55. The van der Waals surface area contributed by atoms with Gasteiger partial charge < -0.3 is 14.0 Å². The number of piperidine rings is 1. The molecule has 0 aliphatic carbocycles. The van der Waals surface area contributed by atoms with E-state index in [-0.39, 0.29) is 11.9 Å². The fourth-order valence-electron chi connectivity index (χ4n) is 4.08. The van der Waals surface area contributed by atoms with Gasteiger partial charge in [-0.2, -0.15) is 0 Å². The van der Waals surface area contributed by atoms with Crippen molar-refractivity contribution >= 4 is 11.6 Å². The van der Waals surface area contributed by atoms with Crippen molar-refractivity contribution in [1.82, 2.24) is 29.2 Å². The Morgan fingerprint density at radius 2 is 2.10 bits per heavy atom. The summed E-state index contributed by atoms with van der Waals surface area (Å²) in [5.41, 5.74) is 3.08. The van der Waals surface area contributed by atoms with Gasteiger partial charge in [-0.1, -0.05) is 5.16 Å². The van der Waals surface area contributed by atoms with Crippen LogP contribution in [-0.4, -0.2) is 41.7 Å². The molecule has 0 N–H and O–H groups in total. The average molecular weight is 390 g/mol. The molecule has 0 saturated carbocycles. The Morgan fingerprint density at radius 3 is 2.86 bits per heavy atom. The van der Waals surface area contributed by atoms with Crippen molar-refractivity contribution in [2.45, 2.75) is 32.2 Å². The molecule has 4 aromatic rings. The SMILES string of the molecule is Cc1cc(C2CCCCN2C(=O)c2ccc3nnc(-c4cccn4C)n3c2)no1. The second kappa shape index (κ2) is 6.88. The van der Waals surface area contributed by atoms with Crippen molar-refractivity contribution in [3.8, 4) is 11.5 Å². The summed E-state index contributed by atoms with van der Waals surface area (Å²) in [5, 5.41) is 12.7. The Bertz CT molecular complexity index is 1190. The Balaban J connectivity index is 1.52. The van der Waals surface area contributed by atoms with Crippen LogP contribution in [0.2, 0.25) is 0 Å². The smallest absolute Gasteiger partial charge is 0.255 e. The summed E-state index contributed by atoms with van der Waals surface area (Å²) in [6.07, 6.45) is 6.75. The maximum Gasteiger partial charge on any atom is 0.255 e. The van der Waals surface area contributed by atoms with Crippen LogP contribution in [0.1, 0.15) is 47.1 Å². The zero-order valence-corrected chi connectivity index (χ0v) is 16.4. The highest BCUT2D eigenvalue weighted by Gasteiger charge is 2.31. The molecule has 4 aromatic heterocycles. The Morgan fingerprint density at radius 1 is 1.21 bits per heavy atom. The third-order valence-corrected chi connectivity index (χ3v) is 5.57. The first-order valence-corrected chi connectivity index (χ1v) is 9.82. The maximum absolute atomic E-state index is 13.4. The highest BCUT2D eigenvalue weighted by molar-refractivity contribution is 5.94. The number of aryl methyl sites for hydroxylation is 2. The van der Waals surface area contributed by atoms with E-state index in [9.17, 15) is 4.79 Å². The van der Waals surface area contributed by atoms with Crippen LogP contribution in [0, 0.1) is 6.92 Å². The molecule has 1 amide bonds. The van der Waals surface area contributed by atoms with E-state index in [2.05, 4.69) is 15.4 Å². The van der Waals surface area contributed by atoms with Gasteiger partial charge in [-0.15, -0.1) is 10.2 Å². The molecule has 1 unspecified atom stereocenters. The van der Waals surface area contributed by atoms with Gasteiger partial charge in [-0.3, -0.25) is 9.20 Å². The second-order valence-electron chi connectivity index (χ2n) is 7.55. The first-order chi connectivity index (χ1) is 14.1. The van der Waals surface area contributed by atoms with E-state index in [4.69, 9.17) is 4.52 Å². The zero-order valence-electron chi connectivity index (χ0n) is 16.4. The molecule has 1 fully saturated rings. The fraction of sp³-hybridized carbons (Fsp3) is 0.333. The number of hydrogen-bond donors (Lipinski definition) is 0. The van der Waals surface area contributed by atoms with Gasteiger partial charge in [0, 0.05) is 32.1 Å². The van der Waals surface area contributed by atoms with Crippen LogP contribution in [0.5, 0.6) is 0 Å². The zero-order chi connectivity index (χ0) is 20.0. The number of hydrogen-bond acceptors (Lipinski definition) is 5. The summed E-state index contributed by atoms with van der Waals surface area (Å²) in [7, 11) is 1.96. The molecule has 148 valence electrons. The van der Waals surface area contributed by atoms with E-state index in [0.29, 0.717) is 23.6 Å². The Labute approximate surface area is 167 Å². The number of carbonyl (C=O) groups is 1. The molecular formula is C21H22N6O2. The van der Waals surface area contributed by atoms with Gasteiger partial charge in [-0.05, 0) is 50.5 Å². The minimum atomic E-state index is -0.0577. The molecule has 8 heteroatoms. The molecule has 0 radical (unpaired) electrons. The molecular weight excluding hydrogens is 368 g/mol. The van der Waals surface area contributed by atoms with Crippen molar-refractivity contribution in [2.75, 3.05) is 6.54 Å². The van der Waals surface area contributed by atoms with Gasteiger partial charge in [-0.25, -0.2) is 0 Å². The van der Waals surface area contributed by atoms with Gasteiger partial charge in [0.2, 0.25) is 0 Å². The average Bonchev–Trinajstić information content (AvgIpc) is 3.46. The lowest BCUT2D eigenvalue weighted by atomic mass is 9.98. The van der Waals surface area contributed by atoms with Crippen LogP contribution in [0.25, 0.3) is 17.2 Å². The maximum atomic E-state index is 13.4. The highest BCUT2D eigenvalue weighted by Crippen LogP contribution is 2.32. The first-order valence-electron chi connectivity index (χ1n) is 9.82. The van der Waals surface area contributed by atoms with Gasteiger partial charge in [0.15, 0.2) is 11.5 Å². The standard InChI is InChI=1S/C21H22N6O2/c1-14-12-16(24-29-14)17-6-3-4-11-26(17)21(28)15-8-9-19-22-23-20(27(19)13-15)18-7-5-10-25(18)2/h5,7-10,12-13,17H,3-4,6,11H2,1-2H3.